The second kappa shape index (κ2) is 8.36. The minimum atomic E-state index is -0.942. The van der Waals surface area contributed by atoms with Gasteiger partial charge in [0.05, 0.1) is 13.2 Å². The molecule has 1 aliphatic heterocycles. The third kappa shape index (κ3) is 4.17. The van der Waals surface area contributed by atoms with E-state index in [1.165, 1.54) is 6.07 Å². The van der Waals surface area contributed by atoms with Crippen molar-refractivity contribution in [1.82, 2.24) is 9.80 Å². The summed E-state index contributed by atoms with van der Waals surface area (Å²) in [6.45, 7) is 5.38. The van der Waals surface area contributed by atoms with Crippen LogP contribution in [0.2, 0.25) is 0 Å². The van der Waals surface area contributed by atoms with Gasteiger partial charge in [-0.05, 0) is 30.5 Å². The predicted octanol–water partition coefficient (Wildman–Crippen LogP) is 2.31. The Hall–Kier alpha value is -3.69. The molecule has 2 heterocycles. The fourth-order valence-electron chi connectivity index (χ4n) is 3.11. The van der Waals surface area contributed by atoms with Gasteiger partial charge in [0, 0.05) is 29.8 Å². The third-order valence-corrected chi connectivity index (χ3v) is 4.36. The summed E-state index contributed by atoms with van der Waals surface area (Å²) in [6, 6.07) is 5.01. The molecule has 3 rings (SSSR count). The van der Waals surface area contributed by atoms with E-state index in [0.29, 0.717) is 16.6 Å². The minimum absolute atomic E-state index is 0.000527. The van der Waals surface area contributed by atoms with E-state index >= 15 is 0 Å². The zero-order valence-corrected chi connectivity index (χ0v) is 16.8. The number of benzene rings is 1. The molecule has 1 aliphatic rings. The molecule has 158 valence electrons. The number of fused-ring (bicyclic) bond motifs is 1. The fraction of sp³-hybridized carbons (Fsp3) is 0.350. The molecule has 0 spiro atoms. The van der Waals surface area contributed by atoms with Crippen LogP contribution in [0.4, 0.5) is 15.3 Å². The van der Waals surface area contributed by atoms with Crippen molar-refractivity contribution >= 4 is 40.6 Å². The first kappa shape index (κ1) is 21.0. The Balaban J connectivity index is 1.92. The van der Waals surface area contributed by atoms with Crippen LogP contribution < -0.4 is 10.9 Å². The van der Waals surface area contributed by atoms with Crippen LogP contribution in [0, 0.1) is 5.92 Å². The summed E-state index contributed by atoms with van der Waals surface area (Å²) in [5.41, 5.74) is 0.129. The average Bonchev–Trinajstić information content (AvgIpc) is 2.85. The number of hydrogen-bond acceptors (Lipinski definition) is 7. The molecule has 1 aromatic carbocycles. The van der Waals surface area contributed by atoms with Gasteiger partial charge in [0.2, 0.25) is 0 Å². The van der Waals surface area contributed by atoms with E-state index in [4.69, 9.17) is 9.15 Å². The molecule has 1 saturated heterocycles. The highest BCUT2D eigenvalue weighted by Crippen LogP contribution is 2.24. The van der Waals surface area contributed by atoms with Gasteiger partial charge < -0.3 is 9.15 Å². The first-order valence-electron chi connectivity index (χ1n) is 9.39. The van der Waals surface area contributed by atoms with Crippen molar-refractivity contribution < 1.29 is 28.3 Å². The van der Waals surface area contributed by atoms with E-state index in [-0.39, 0.29) is 31.2 Å². The maximum Gasteiger partial charge on any atom is 0.411 e. The van der Waals surface area contributed by atoms with Crippen molar-refractivity contribution in [3.63, 3.8) is 0 Å². The Morgan fingerprint density at radius 1 is 1.10 bits per heavy atom. The zero-order valence-electron chi connectivity index (χ0n) is 16.8. The van der Waals surface area contributed by atoms with Gasteiger partial charge in [-0.3, -0.25) is 24.7 Å². The number of hydrogen-bond donors (Lipinski definition) is 1. The molecular formula is C20H21N3O7. The zero-order chi connectivity index (χ0) is 22.0. The Morgan fingerprint density at radius 2 is 1.80 bits per heavy atom. The van der Waals surface area contributed by atoms with Gasteiger partial charge in [-0.2, -0.15) is 0 Å². The molecule has 0 saturated carbocycles. The van der Waals surface area contributed by atoms with Crippen LogP contribution in [0.1, 0.15) is 26.3 Å². The number of ether oxygens (including phenoxy) is 1. The number of nitrogens with one attached hydrogen (secondary N) is 1. The number of carbonyl (C=O) groups is 4. The molecule has 2 aromatic rings. The Bertz CT molecular complexity index is 1090. The molecule has 0 atom stereocenters. The number of rotatable bonds is 6. The fourth-order valence-corrected chi connectivity index (χ4v) is 3.11. The monoisotopic (exact) mass is 415 g/mol. The van der Waals surface area contributed by atoms with Gasteiger partial charge in [-0.25, -0.2) is 14.4 Å². The van der Waals surface area contributed by atoms with E-state index in [0.717, 1.165) is 15.9 Å². The highest BCUT2D eigenvalue weighted by atomic mass is 16.5. The van der Waals surface area contributed by atoms with Crippen LogP contribution in [0.25, 0.3) is 11.0 Å². The maximum absolute atomic E-state index is 12.6. The summed E-state index contributed by atoms with van der Waals surface area (Å²) >= 11 is 0. The van der Waals surface area contributed by atoms with Crippen molar-refractivity contribution in [2.75, 3.05) is 18.5 Å². The Morgan fingerprint density at radius 3 is 2.47 bits per heavy atom. The predicted molar refractivity (Wildman–Crippen MR) is 106 cm³/mol. The largest absolute Gasteiger partial charge is 0.450 e. The van der Waals surface area contributed by atoms with E-state index in [1.54, 1.807) is 19.1 Å². The third-order valence-electron chi connectivity index (χ3n) is 4.36. The average molecular weight is 415 g/mol. The van der Waals surface area contributed by atoms with Crippen molar-refractivity contribution in [2.45, 2.75) is 27.3 Å². The number of amides is 5. The van der Waals surface area contributed by atoms with Crippen LogP contribution >= 0.6 is 0 Å². The van der Waals surface area contributed by atoms with E-state index in [2.05, 4.69) is 5.32 Å². The van der Waals surface area contributed by atoms with E-state index < -0.39 is 29.6 Å². The molecular weight excluding hydrogens is 394 g/mol. The van der Waals surface area contributed by atoms with Crippen LogP contribution in [-0.4, -0.2) is 46.9 Å². The van der Waals surface area contributed by atoms with Gasteiger partial charge in [0.15, 0.2) is 0 Å². The first-order chi connectivity index (χ1) is 14.2. The molecule has 10 nitrogen and oxygen atoms in total. The first-order valence-corrected chi connectivity index (χ1v) is 9.39. The Kier molecular flexibility index (Phi) is 5.86. The minimum Gasteiger partial charge on any atom is -0.450 e. The van der Waals surface area contributed by atoms with Crippen LogP contribution in [0.3, 0.4) is 0 Å². The van der Waals surface area contributed by atoms with Crippen LogP contribution in [-0.2, 0) is 20.9 Å². The van der Waals surface area contributed by atoms with Gasteiger partial charge >= 0.3 is 29.6 Å². The molecule has 1 aromatic heterocycles. The van der Waals surface area contributed by atoms with Crippen LogP contribution in [0.15, 0.2) is 33.5 Å². The lowest BCUT2D eigenvalue weighted by Gasteiger charge is -2.17. The van der Waals surface area contributed by atoms with Crippen molar-refractivity contribution in [3.8, 4) is 0 Å². The molecule has 0 radical (unpaired) electrons. The molecule has 0 aliphatic carbocycles. The Labute approximate surface area is 171 Å². The van der Waals surface area contributed by atoms with Gasteiger partial charge in [0.25, 0.3) is 0 Å². The van der Waals surface area contributed by atoms with E-state index in [9.17, 15) is 24.0 Å². The van der Waals surface area contributed by atoms with Crippen molar-refractivity contribution in [1.29, 1.82) is 0 Å². The quantitative estimate of drug-likeness (QED) is 0.436. The molecule has 1 fully saturated rings. The summed E-state index contributed by atoms with van der Waals surface area (Å²) in [5.74, 6) is -1.83. The summed E-state index contributed by atoms with van der Waals surface area (Å²) in [5, 5.41) is 2.96. The number of imide groups is 2. The van der Waals surface area contributed by atoms with Crippen LogP contribution in [0.5, 0.6) is 0 Å². The highest BCUT2D eigenvalue weighted by Gasteiger charge is 2.44. The summed E-state index contributed by atoms with van der Waals surface area (Å²) < 4.78 is 9.99. The van der Waals surface area contributed by atoms with Crippen molar-refractivity contribution in [2.24, 2.45) is 5.92 Å². The standard InChI is InChI=1S/C20H21N3O7/c1-4-29-19(27)21-13-5-6-14-12(7-16(24)30-15(14)8-13)10-23-18(26)17(25)22(20(23)28)9-11(2)3/h5-8,11H,4,9-10H2,1-3H3,(H,21,27). The number of urea groups is 1. The summed E-state index contributed by atoms with van der Waals surface area (Å²) in [6.07, 6.45) is -0.660. The smallest absolute Gasteiger partial charge is 0.411 e. The lowest BCUT2D eigenvalue weighted by atomic mass is 10.1. The normalized spacial score (nSPS) is 14.2. The number of nitrogens with zero attached hydrogens (tertiary/aromatic N) is 2. The maximum atomic E-state index is 12.6. The van der Waals surface area contributed by atoms with Gasteiger partial charge in [-0.1, -0.05) is 13.8 Å². The lowest BCUT2D eigenvalue weighted by molar-refractivity contribution is -0.143. The molecule has 0 unspecified atom stereocenters. The lowest BCUT2D eigenvalue weighted by Crippen LogP contribution is -2.35. The number of anilines is 1. The summed E-state index contributed by atoms with van der Waals surface area (Å²) in [7, 11) is 0. The summed E-state index contributed by atoms with van der Waals surface area (Å²) in [4.78, 5) is 62.4. The van der Waals surface area contributed by atoms with Gasteiger partial charge in [-0.15, -0.1) is 0 Å². The molecule has 5 amide bonds. The highest BCUT2D eigenvalue weighted by molar-refractivity contribution is 6.44. The SMILES string of the molecule is CCOC(=O)Nc1ccc2c(CN3C(=O)C(=O)N(CC(C)C)C3=O)cc(=O)oc2c1. The van der Waals surface area contributed by atoms with Gasteiger partial charge in [0.1, 0.15) is 5.58 Å². The van der Waals surface area contributed by atoms with E-state index in [1.807, 2.05) is 13.8 Å². The molecule has 30 heavy (non-hydrogen) atoms. The molecule has 1 N–H and O–H groups in total. The second-order valence-corrected chi connectivity index (χ2v) is 7.13. The molecule has 10 heteroatoms. The topological polar surface area (TPSA) is 126 Å². The second-order valence-electron chi connectivity index (χ2n) is 7.13. The molecule has 0 bridgehead atoms. The van der Waals surface area contributed by atoms with Crippen molar-refractivity contribution in [3.05, 3.63) is 40.2 Å². The number of carbonyl (C=O) groups excluding carboxylic acids is 4.